The van der Waals surface area contributed by atoms with Gasteiger partial charge in [-0.3, -0.25) is 0 Å². The Labute approximate surface area is 116 Å². The highest BCUT2D eigenvalue weighted by Gasteiger charge is 2.29. The molecule has 0 bridgehead atoms. The summed E-state index contributed by atoms with van der Waals surface area (Å²) in [5.41, 5.74) is 2.21. The molecule has 0 atom stereocenters. The van der Waals surface area contributed by atoms with Gasteiger partial charge in [-0.2, -0.15) is 13.2 Å². The van der Waals surface area contributed by atoms with Crippen LogP contribution in [0.15, 0.2) is 48.5 Å². The quantitative estimate of drug-likeness (QED) is 0.870. The Balaban J connectivity index is 2.23. The number of halogens is 3. The standard InChI is InChI=1S/C16H16F3N/c1-2-20-11-12-4-3-5-14(10-12)13-6-8-15(9-7-13)16(17,18)19/h3-10,20H,2,11H2,1H3. The molecule has 0 aliphatic carbocycles. The molecule has 0 fully saturated rings. The summed E-state index contributed by atoms with van der Waals surface area (Å²) >= 11 is 0. The van der Waals surface area contributed by atoms with Gasteiger partial charge in [-0.25, -0.2) is 0 Å². The van der Waals surface area contributed by atoms with Crippen LogP contribution in [0.5, 0.6) is 0 Å². The first kappa shape index (κ1) is 14.6. The lowest BCUT2D eigenvalue weighted by atomic mass is 10.0. The second-order valence-corrected chi connectivity index (χ2v) is 4.56. The molecule has 2 rings (SSSR count). The van der Waals surface area contributed by atoms with Gasteiger partial charge in [0.2, 0.25) is 0 Å². The van der Waals surface area contributed by atoms with Crippen molar-refractivity contribution in [2.24, 2.45) is 0 Å². The van der Waals surface area contributed by atoms with E-state index in [-0.39, 0.29) is 0 Å². The van der Waals surface area contributed by atoms with Crippen LogP contribution in [0.25, 0.3) is 11.1 Å². The molecular formula is C16H16F3N. The van der Waals surface area contributed by atoms with Gasteiger partial charge in [0.05, 0.1) is 5.56 Å². The van der Waals surface area contributed by atoms with Gasteiger partial charge >= 0.3 is 6.18 Å². The van der Waals surface area contributed by atoms with Crippen molar-refractivity contribution in [3.8, 4) is 11.1 Å². The third-order valence-electron chi connectivity index (χ3n) is 3.05. The smallest absolute Gasteiger partial charge is 0.313 e. The maximum absolute atomic E-state index is 12.5. The van der Waals surface area contributed by atoms with E-state index in [1.54, 1.807) is 0 Å². The number of hydrogen-bond acceptors (Lipinski definition) is 1. The first-order chi connectivity index (χ1) is 9.50. The van der Waals surface area contributed by atoms with Crippen molar-refractivity contribution in [2.45, 2.75) is 19.6 Å². The van der Waals surface area contributed by atoms with E-state index in [0.29, 0.717) is 0 Å². The van der Waals surface area contributed by atoms with Crippen LogP contribution >= 0.6 is 0 Å². The summed E-state index contributed by atoms with van der Waals surface area (Å²) < 4.78 is 37.6. The van der Waals surface area contributed by atoms with Crippen LogP contribution in [0.4, 0.5) is 13.2 Å². The molecule has 0 spiro atoms. The van der Waals surface area contributed by atoms with Crippen LogP contribution in [0.3, 0.4) is 0 Å². The van der Waals surface area contributed by atoms with Gasteiger partial charge in [-0.15, -0.1) is 0 Å². The number of hydrogen-bond donors (Lipinski definition) is 1. The summed E-state index contributed by atoms with van der Waals surface area (Å²) in [6.45, 7) is 3.66. The summed E-state index contributed by atoms with van der Waals surface area (Å²) in [5.74, 6) is 0. The SMILES string of the molecule is CCNCc1cccc(-c2ccc(C(F)(F)F)cc2)c1. The fourth-order valence-corrected chi connectivity index (χ4v) is 1.98. The maximum Gasteiger partial charge on any atom is 0.416 e. The summed E-state index contributed by atoms with van der Waals surface area (Å²) in [4.78, 5) is 0. The second-order valence-electron chi connectivity index (χ2n) is 4.56. The first-order valence-corrected chi connectivity index (χ1v) is 6.48. The average molecular weight is 279 g/mol. The van der Waals surface area contributed by atoms with E-state index in [1.807, 2.05) is 31.2 Å². The molecule has 0 aliphatic rings. The molecule has 106 valence electrons. The second kappa shape index (κ2) is 6.09. The van der Waals surface area contributed by atoms with Gasteiger partial charge in [-0.1, -0.05) is 37.3 Å². The van der Waals surface area contributed by atoms with E-state index in [2.05, 4.69) is 5.32 Å². The topological polar surface area (TPSA) is 12.0 Å². The fourth-order valence-electron chi connectivity index (χ4n) is 1.98. The Kier molecular flexibility index (Phi) is 4.45. The van der Waals surface area contributed by atoms with Crippen molar-refractivity contribution in [3.05, 3.63) is 59.7 Å². The predicted molar refractivity (Wildman–Crippen MR) is 74.3 cm³/mol. The number of benzene rings is 2. The lowest BCUT2D eigenvalue weighted by molar-refractivity contribution is -0.137. The van der Waals surface area contributed by atoms with Crippen LogP contribution in [-0.2, 0) is 12.7 Å². The molecule has 4 heteroatoms. The molecule has 0 amide bonds. The molecular weight excluding hydrogens is 263 g/mol. The van der Waals surface area contributed by atoms with Crippen molar-refractivity contribution in [2.75, 3.05) is 6.54 Å². The third-order valence-corrected chi connectivity index (χ3v) is 3.05. The molecule has 0 unspecified atom stereocenters. The summed E-state index contributed by atoms with van der Waals surface area (Å²) in [7, 11) is 0. The predicted octanol–water partition coefficient (Wildman–Crippen LogP) is 4.48. The molecule has 2 aromatic carbocycles. The molecule has 0 aromatic heterocycles. The van der Waals surface area contributed by atoms with Crippen molar-refractivity contribution in [1.29, 1.82) is 0 Å². The van der Waals surface area contributed by atoms with Crippen molar-refractivity contribution in [1.82, 2.24) is 5.32 Å². The zero-order chi connectivity index (χ0) is 14.6. The van der Waals surface area contributed by atoms with E-state index in [4.69, 9.17) is 0 Å². The van der Waals surface area contributed by atoms with Crippen molar-refractivity contribution in [3.63, 3.8) is 0 Å². The highest BCUT2D eigenvalue weighted by Crippen LogP contribution is 2.31. The first-order valence-electron chi connectivity index (χ1n) is 6.48. The number of alkyl halides is 3. The maximum atomic E-state index is 12.5. The van der Waals surface area contributed by atoms with E-state index in [1.165, 1.54) is 12.1 Å². The molecule has 0 radical (unpaired) electrons. The molecule has 1 N–H and O–H groups in total. The van der Waals surface area contributed by atoms with Gasteiger partial charge in [-0.05, 0) is 41.4 Å². The lowest BCUT2D eigenvalue weighted by Crippen LogP contribution is -2.11. The molecule has 2 aromatic rings. The minimum Gasteiger partial charge on any atom is -0.313 e. The third kappa shape index (κ3) is 3.61. The van der Waals surface area contributed by atoms with Crippen molar-refractivity contribution < 1.29 is 13.2 Å². The monoisotopic (exact) mass is 279 g/mol. The highest BCUT2D eigenvalue weighted by atomic mass is 19.4. The molecule has 0 heterocycles. The molecule has 20 heavy (non-hydrogen) atoms. The van der Waals surface area contributed by atoms with Gasteiger partial charge in [0.25, 0.3) is 0 Å². The molecule has 1 nitrogen and oxygen atoms in total. The Morgan fingerprint density at radius 3 is 2.25 bits per heavy atom. The number of nitrogens with one attached hydrogen (secondary N) is 1. The zero-order valence-corrected chi connectivity index (χ0v) is 11.2. The summed E-state index contributed by atoms with van der Waals surface area (Å²) in [5, 5.41) is 3.22. The van der Waals surface area contributed by atoms with E-state index < -0.39 is 11.7 Å². The van der Waals surface area contributed by atoms with Crippen LogP contribution in [0.1, 0.15) is 18.1 Å². The van der Waals surface area contributed by atoms with Crippen LogP contribution in [-0.4, -0.2) is 6.54 Å². The summed E-state index contributed by atoms with van der Waals surface area (Å²) in [6, 6.07) is 13.1. The van der Waals surface area contributed by atoms with Gasteiger partial charge < -0.3 is 5.32 Å². The minimum absolute atomic E-state index is 0.620. The average Bonchev–Trinajstić information content (AvgIpc) is 2.45. The highest BCUT2D eigenvalue weighted by molar-refractivity contribution is 5.64. The van der Waals surface area contributed by atoms with E-state index in [0.717, 1.165) is 41.9 Å². The number of rotatable bonds is 4. The van der Waals surface area contributed by atoms with Gasteiger partial charge in [0.1, 0.15) is 0 Å². The minimum atomic E-state index is -4.29. The van der Waals surface area contributed by atoms with E-state index in [9.17, 15) is 13.2 Å². The van der Waals surface area contributed by atoms with E-state index >= 15 is 0 Å². The Morgan fingerprint density at radius 2 is 1.65 bits per heavy atom. The molecule has 0 saturated heterocycles. The normalized spacial score (nSPS) is 11.6. The van der Waals surface area contributed by atoms with Crippen molar-refractivity contribution >= 4 is 0 Å². The Morgan fingerprint density at radius 1 is 0.950 bits per heavy atom. The molecule has 0 aliphatic heterocycles. The lowest BCUT2D eigenvalue weighted by Gasteiger charge is -2.09. The Hall–Kier alpha value is -1.81. The Bertz CT molecular complexity index is 559. The summed E-state index contributed by atoms with van der Waals surface area (Å²) in [6.07, 6.45) is -4.29. The van der Waals surface area contributed by atoms with Gasteiger partial charge in [0, 0.05) is 6.54 Å². The van der Waals surface area contributed by atoms with Gasteiger partial charge in [0.15, 0.2) is 0 Å². The fraction of sp³-hybridized carbons (Fsp3) is 0.250. The van der Waals surface area contributed by atoms with Crippen LogP contribution in [0.2, 0.25) is 0 Å². The largest absolute Gasteiger partial charge is 0.416 e. The van der Waals surface area contributed by atoms with Crippen LogP contribution < -0.4 is 5.32 Å². The van der Waals surface area contributed by atoms with Crippen LogP contribution in [0, 0.1) is 0 Å². The molecule has 0 saturated carbocycles. The zero-order valence-electron chi connectivity index (χ0n) is 11.2.